The third-order valence-electron chi connectivity index (χ3n) is 3.88. The number of carboxylic acids is 3. The monoisotopic (exact) mass is 448 g/mol. The van der Waals surface area contributed by atoms with Crippen LogP contribution in [0.1, 0.15) is 33.1 Å². The molecule has 0 aromatic heterocycles. The zero-order valence-corrected chi connectivity index (χ0v) is 17.0. The van der Waals surface area contributed by atoms with E-state index in [-0.39, 0.29) is 12.3 Å². The summed E-state index contributed by atoms with van der Waals surface area (Å²) in [5, 5.41) is 42.0. The number of nitrogens with one attached hydrogen (secondary N) is 3. The third kappa shape index (κ3) is 10.9. The van der Waals surface area contributed by atoms with Crippen molar-refractivity contribution < 1.29 is 49.2 Å². The van der Waals surface area contributed by atoms with E-state index >= 15 is 0 Å². The zero-order chi connectivity index (χ0) is 24.3. The van der Waals surface area contributed by atoms with Gasteiger partial charge in [-0.25, -0.2) is 4.79 Å². The van der Waals surface area contributed by atoms with Crippen LogP contribution in [0.15, 0.2) is 0 Å². The molecule has 0 heterocycles. The molecule has 0 aliphatic rings. The Bertz CT molecular complexity index is 696. The van der Waals surface area contributed by atoms with Gasteiger partial charge in [-0.3, -0.25) is 24.0 Å². The van der Waals surface area contributed by atoms with Gasteiger partial charge in [-0.15, -0.1) is 0 Å². The van der Waals surface area contributed by atoms with E-state index in [2.05, 4.69) is 10.6 Å². The lowest BCUT2D eigenvalue weighted by molar-refractivity contribution is -0.148. The standard InChI is InChI=1S/C17H28N4O10/c1-7(2)3-9(19-14(27)8(18)6-22)15(28)20-10(4-12(23)24)16(29)21-11(17(30)31)5-13(25)26/h7-11,22H,3-6,18H2,1-2H3,(H,19,27)(H,20,28)(H,21,29)(H,23,24)(H,25,26)(H,30,31). The minimum Gasteiger partial charge on any atom is -0.481 e. The molecule has 176 valence electrons. The molecule has 0 fully saturated rings. The van der Waals surface area contributed by atoms with Crippen LogP contribution in [-0.2, 0) is 28.8 Å². The summed E-state index contributed by atoms with van der Waals surface area (Å²) in [5.41, 5.74) is 5.39. The molecule has 0 saturated heterocycles. The van der Waals surface area contributed by atoms with E-state index in [4.69, 9.17) is 26.2 Å². The minimum atomic E-state index is -1.85. The number of amides is 3. The first-order valence-corrected chi connectivity index (χ1v) is 9.22. The molecule has 0 bridgehead atoms. The number of aliphatic carboxylic acids is 3. The second kappa shape index (κ2) is 13.1. The van der Waals surface area contributed by atoms with Gasteiger partial charge in [0, 0.05) is 0 Å². The van der Waals surface area contributed by atoms with Gasteiger partial charge < -0.3 is 42.1 Å². The fraction of sp³-hybridized carbons (Fsp3) is 0.647. The summed E-state index contributed by atoms with van der Waals surface area (Å²) in [6.45, 7) is 2.76. The van der Waals surface area contributed by atoms with Crippen molar-refractivity contribution in [1.82, 2.24) is 16.0 Å². The average Bonchev–Trinajstić information content (AvgIpc) is 2.64. The molecule has 0 aliphatic carbocycles. The van der Waals surface area contributed by atoms with E-state index < -0.39 is 79.2 Å². The number of rotatable bonds is 14. The number of hydrogen-bond donors (Lipinski definition) is 8. The van der Waals surface area contributed by atoms with Crippen LogP contribution in [0.3, 0.4) is 0 Å². The summed E-state index contributed by atoms with van der Waals surface area (Å²) < 4.78 is 0. The molecule has 14 heteroatoms. The fourth-order valence-corrected chi connectivity index (χ4v) is 2.37. The summed E-state index contributed by atoms with van der Waals surface area (Å²) in [6.07, 6.45) is -1.83. The largest absolute Gasteiger partial charge is 0.481 e. The lowest BCUT2D eigenvalue weighted by Crippen LogP contribution is -2.58. The topological polar surface area (TPSA) is 245 Å². The van der Waals surface area contributed by atoms with Crippen molar-refractivity contribution in [3.05, 3.63) is 0 Å². The number of aliphatic hydroxyl groups is 1. The Labute approximate surface area is 177 Å². The molecule has 14 nitrogen and oxygen atoms in total. The lowest BCUT2D eigenvalue weighted by Gasteiger charge is -2.25. The van der Waals surface area contributed by atoms with Gasteiger partial charge in [0.25, 0.3) is 0 Å². The molecule has 0 saturated carbocycles. The van der Waals surface area contributed by atoms with Crippen molar-refractivity contribution >= 4 is 35.6 Å². The van der Waals surface area contributed by atoms with Crippen LogP contribution < -0.4 is 21.7 Å². The van der Waals surface area contributed by atoms with Crippen LogP contribution in [0.2, 0.25) is 0 Å². The Morgan fingerprint density at radius 2 is 1.16 bits per heavy atom. The summed E-state index contributed by atoms with van der Waals surface area (Å²) in [5.74, 6) is -7.84. The van der Waals surface area contributed by atoms with E-state index in [1.54, 1.807) is 13.8 Å². The van der Waals surface area contributed by atoms with Crippen molar-refractivity contribution in [2.24, 2.45) is 11.7 Å². The van der Waals surface area contributed by atoms with Gasteiger partial charge in [-0.05, 0) is 12.3 Å². The maximum Gasteiger partial charge on any atom is 0.326 e. The van der Waals surface area contributed by atoms with Gasteiger partial charge in [0.15, 0.2) is 0 Å². The van der Waals surface area contributed by atoms with Crippen LogP contribution in [0.25, 0.3) is 0 Å². The van der Waals surface area contributed by atoms with Gasteiger partial charge in [0.2, 0.25) is 17.7 Å². The van der Waals surface area contributed by atoms with Crippen molar-refractivity contribution in [2.45, 2.75) is 57.3 Å². The Morgan fingerprint density at radius 1 is 0.742 bits per heavy atom. The molecule has 0 aromatic rings. The minimum absolute atomic E-state index is 0.0773. The first kappa shape index (κ1) is 27.7. The van der Waals surface area contributed by atoms with E-state index in [9.17, 15) is 28.8 Å². The Kier molecular flexibility index (Phi) is 11.7. The highest BCUT2D eigenvalue weighted by atomic mass is 16.4. The number of hydrogen-bond acceptors (Lipinski definition) is 8. The molecule has 31 heavy (non-hydrogen) atoms. The number of nitrogens with two attached hydrogens (primary N) is 1. The summed E-state index contributed by atoms with van der Waals surface area (Å²) in [4.78, 5) is 69.8. The molecule has 4 atom stereocenters. The Balaban J connectivity index is 5.51. The predicted octanol–water partition coefficient (Wildman–Crippen LogP) is -3.16. The Hall–Kier alpha value is -3.26. The second-order valence-electron chi connectivity index (χ2n) is 7.14. The van der Waals surface area contributed by atoms with Crippen LogP contribution >= 0.6 is 0 Å². The SMILES string of the molecule is CC(C)CC(NC(=O)C(N)CO)C(=O)NC(CC(=O)O)C(=O)NC(CC(=O)O)C(=O)O. The van der Waals surface area contributed by atoms with Crippen LogP contribution in [0.5, 0.6) is 0 Å². The highest BCUT2D eigenvalue weighted by Crippen LogP contribution is 2.07. The van der Waals surface area contributed by atoms with Gasteiger partial charge in [0.1, 0.15) is 24.2 Å². The van der Waals surface area contributed by atoms with E-state index in [1.807, 2.05) is 5.32 Å². The van der Waals surface area contributed by atoms with Gasteiger partial charge in [-0.1, -0.05) is 13.8 Å². The molecular formula is C17H28N4O10. The first-order chi connectivity index (χ1) is 14.3. The molecule has 0 aromatic carbocycles. The summed E-state index contributed by atoms with van der Waals surface area (Å²) in [7, 11) is 0. The molecule has 3 amide bonds. The number of aliphatic hydroxyl groups excluding tert-OH is 1. The van der Waals surface area contributed by atoms with Crippen molar-refractivity contribution in [1.29, 1.82) is 0 Å². The van der Waals surface area contributed by atoms with E-state index in [0.29, 0.717) is 0 Å². The van der Waals surface area contributed by atoms with Crippen molar-refractivity contribution in [3.8, 4) is 0 Å². The van der Waals surface area contributed by atoms with E-state index in [0.717, 1.165) is 0 Å². The normalized spacial score (nSPS) is 14.6. The predicted molar refractivity (Wildman–Crippen MR) is 102 cm³/mol. The molecule has 4 unspecified atom stereocenters. The number of carbonyl (C=O) groups excluding carboxylic acids is 3. The van der Waals surface area contributed by atoms with Crippen molar-refractivity contribution in [3.63, 3.8) is 0 Å². The summed E-state index contributed by atoms with van der Waals surface area (Å²) >= 11 is 0. The third-order valence-corrected chi connectivity index (χ3v) is 3.88. The summed E-state index contributed by atoms with van der Waals surface area (Å²) in [6, 6.07) is -6.15. The molecule has 9 N–H and O–H groups in total. The van der Waals surface area contributed by atoms with Crippen LogP contribution in [0, 0.1) is 5.92 Å². The Morgan fingerprint density at radius 3 is 1.58 bits per heavy atom. The van der Waals surface area contributed by atoms with E-state index in [1.165, 1.54) is 0 Å². The average molecular weight is 448 g/mol. The number of carboxylic acid groups (broad SMARTS) is 3. The number of carbonyl (C=O) groups is 6. The first-order valence-electron chi connectivity index (χ1n) is 9.22. The van der Waals surface area contributed by atoms with Gasteiger partial charge >= 0.3 is 17.9 Å². The molecule has 0 aliphatic heterocycles. The maximum absolute atomic E-state index is 12.6. The molecule has 0 radical (unpaired) electrons. The molecular weight excluding hydrogens is 420 g/mol. The zero-order valence-electron chi connectivity index (χ0n) is 17.0. The highest BCUT2D eigenvalue weighted by Gasteiger charge is 2.32. The van der Waals surface area contributed by atoms with Crippen molar-refractivity contribution in [2.75, 3.05) is 6.61 Å². The molecule has 0 rings (SSSR count). The highest BCUT2D eigenvalue weighted by molar-refractivity contribution is 5.96. The van der Waals surface area contributed by atoms with Crippen LogP contribution in [0.4, 0.5) is 0 Å². The lowest BCUT2D eigenvalue weighted by atomic mass is 10.0. The fourth-order valence-electron chi connectivity index (χ4n) is 2.37. The molecule has 0 spiro atoms. The maximum atomic E-state index is 12.6. The van der Waals surface area contributed by atoms with Gasteiger partial charge in [-0.2, -0.15) is 0 Å². The van der Waals surface area contributed by atoms with Crippen LogP contribution in [-0.4, -0.2) is 86.8 Å². The smallest absolute Gasteiger partial charge is 0.326 e. The van der Waals surface area contributed by atoms with Gasteiger partial charge in [0.05, 0.1) is 19.4 Å². The second-order valence-corrected chi connectivity index (χ2v) is 7.14. The quantitative estimate of drug-likeness (QED) is 0.132.